The number of phosphoric ester groups is 1. The standard InChI is InChI=1S/C23H45O4PS/c1-4-6-7-8-9-10-11-12-13-14-15-16-17-18-19-29-21-23(22(3)5-2)20-27-28(24,25)26/h2,22-23H,4,6-21H2,1,3H3,(H2,24,25,26). The van der Waals surface area contributed by atoms with Crippen molar-refractivity contribution in [3.05, 3.63) is 0 Å². The van der Waals surface area contributed by atoms with Crippen LogP contribution in [-0.2, 0) is 9.09 Å². The number of hydrogen-bond donors (Lipinski definition) is 2. The van der Waals surface area contributed by atoms with Crippen molar-refractivity contribution in [2.24, 2.45) is 11.8 Å². The van der Waals surface area contributed by atoms with E-state index in [1.54, 1.807) is 0 Å². The van der Waals surface area contributed by atoms with Crippen molar-refractivity contribution in [2.45, 2.75) is 104 Å². The van der Waals surface area contributed by atoms with Gasteiger partial charge in [-0.3, -0.25) is 4.52 Å². The van der Waals surface area contributed by atoms with Crippen LogP contribution in [0.1, 0.15) is 104 Å². The summed E-state index contributed by atoms with van der Waals surface area (Å²) in [5.41, 5.74) is 0. The molecule has 0 radical (unpaired) electrons. The summed E-state index contributed by atoms with van der Waals surface area (Å²) in [6.07, 6.45) is 24.5. The molecule has 0 bridgehead atoms. The second-order valence-electron chi connectivity index (χ2n) is 8.17. The van der Waals surface area contributed by atoms with Gasteiger partial charge in [0.25, 0.3) is 0 Å². The molecular formula is C23H45O4PS. The molecule has 0 rings (SSSR count). The van der Waals surface area contributed by atoms with Gasteiger partial charge >= 0.3 is 7.82 Å². The zero-order valence-electron chi connectivity index (χ0n) is 18.8. The predicted octanol–water partition coefficient (Wildman–Crippen LogP) is 7.20. The number of terminal acetylenes is 1. The molecule has 0 aliphatic rings. The Morgan fingerprint density at radius 2 is 1.34 bits per heavy atom. The van der Waals surface area contributed by atoms with Crippen LogP contribution < -0.4 is 0 Å². The highest BCUT2D eigenvalue weighted by atomic mass is 32.2. The molecule has 0 aromatic carbocycles. The minimum atomic E-state index is -4.42. The predicted molar refractivity (Wildman–Crippen MR) is 127 cm³/mol. The summed E-state index contributed by atoms with van der Waals surface area (Å²) in [5.74, 6) is 4.44. The minimum Gasteiger partial charge on any atom is -0.303 e. The zero-order valence-corrected chi connectivity index (χ0v) is 20.5. The molecule has 6 heteroatoms. The topological polar surface area (TPSA) is 66.8 Å². The lowest BCUT2D eigenvalue weighted by atomic mass is 9.98. The highest BCUT2D eigenvalue weighted by molar-refractivity contribution is 7.99. The Morgan fingerprint density at radius 1 is 0.897 bits per heavy atom. The quantitative estimate of drug-likeness (QED) is 0.110. The minimum absolute atomic E-state index is 0.0153. The van der Waals surface area contributed by atoms with Crippen molar-refractivity contribution in [3.8, 4) is 12.3 Å². The molecule has 0 aliphatic heterocycles. The van der Waals surface area contributed by atoms with E-state index in [0.717, 1.165) is 11.5 Å². The van der Waals surface area contributed by atoms with E-state index < -0.39 is 7.82 Å². The molecule has 0 aromatic heterocycles. The summed E-state index contributed by atoms with van der Waals surface area (Å²) in [4.78, 5) is 17.7. The van der Waals surface area contributed by atoms with E-state index in [9.17, 15) is 4.57 Å². The normalized spacial score (nSPS) is 13.9. The lowest BCUT2D eigenvalue weighted by Crippen LogP contribution is -2.19. The first-order valence-corrected chi connectivity index (χ1v) is 14.3. The fourth-order valence-electron chi connectivity index (χ4n) is 3.30. The van der Waals surface area contributed by atoms with Gasteiger partial charge in [0.1, 0.15) is 0 Å². The van der Waals surface area contributed by atoms with E-state index in [1.807, 2.05) is 18.7 Å². The lowest BCUT2D eigenvalue weighted by Gasteiger charge is -2.20. The van der Waals surface area contributed by atoms with Crippen LogP contribution in [-0.4, -0.2) is 27.9 Å². The van der Waals surface area contributed by atoms with Crippen molar-refractivity contribution < 1.29 is 18.9 Å². The van der Waals surface area contributed by atoms with Crippen LogP contribution in [0.15, 0.2) is 0 Å². The Bertz CT molecular complexity index is 447. The SMILES string of the molecule is C#CC(C)C(COP(=O)(O)O)CSCCCCCCCCCCCCCCCC. The van der Waals surface area contributed by atoms with Crippen molar-refractivity contribution >= 4 is 19.6 Å². The van der Waals surface area contributed by atoms with Gasteiger partial charge in [-0.2, -0.15) is 11.8 Å². The molecule has 4 nitrogen and oxygen atoms in total. The summed E-state index contributed by atoms with van der Waals surface area (Å²) in [6.45, 7) is 4.19. The Labute approximate surface area is 184 Å². The molecule has 0 heterocycles. The third kappa shape index (κ3) is 21.1. The maximum absolute atomic E-state index is 10.9. The van der Waals surface area contributed by atoms with Crippen LogP contribution in [0.4, 0.5) is 0 Å². The molecule has 0 amide bonds. The van der Waals surface area contributed by atoms with Gasteiger partial charge in [0, 0.05) is 11.8 Å². The highest BCUT2D eigenvalue weighted by Gasteiger charge is 2.21. The smallest absolute Gasteiger partial charge is 0.303 e. The molecule has 2 atom stereocenters. The molecule has 0 aromatic rings. The van der Waals surface area contributed by atoms with Gasteiger partial charge < -0.3 is 9.79 Å². The molecule has 2 unspecified atom stereocenters. The second-order valence-corrected chi connectivity index (χ2v) is 10.6. The number of rotatable bonds is 21. The molecule has 172 valence electrons. The van der Waals surface area contributed by atoms with Crippen molar-refractivity contribution in [3.63, 3.8) is 0 Å². The Hall–Kier alpha value is 0.0200. The van der Waals surface area contributed by atoms with Crippen LogP contribution in [0.3, 0.4) is 0 Å². The van der Waals surface area contributed by atoms with E-state index in [2.05, 4.69) is 17.4 Å². The maximum atomic E-state index is 10.9. The van der Waals surface area contributed by atoms with Gasteiger partial charge in [-0.15, -0.1) is 12.3 Å². The molecular weight excluding hydrogens is 403 g/mol. The summed E-state index contributed by atoms with van der Waals surface area (Å²) in [7, 11) is -4.42. The third-order valence-corrected chi connectivity index (χ3v) is 7.13. The van der Waals surface area contributed by atoms with Gasteiger partial charge in [0.2, 0.25) is 0 Å². The van der Waals surface area contributed by atoms with Crippen LogP contribution >= 0.6 is 19.6 Å². The lowest BCUT2D eigenvalue weighted by molar-refractivity contribution is 0.164. The molecule has 29 heavy (non-hydrogen) atoms. The zero-order chi connectivity index (χ0) is 21.8. The Kier molecular flexibility index (Phi) is 20.0. The monoisotopic (exact) mass is 448 g/mol. The van der Waals surface area contributed by atoms with Gasteiger partial charge in [0.05, 0.1) is 6.61 Å². The van der Waals surface area contributed by atoms with Crippen LogP contribution in [0.25, 0.3) is 0 Å². The average molecular weight is 449 g/mol. The number of thioether (sulfide) groups is 1. The Morgan fingerprint density at radius 3 is 1.76 bits per heavy atom. The van der Waals surface area contributed by atoms with Crippen LogP contribution in [0, 0.1) is 24.2 Å². The number of hydrogen-bond acceptors (Lipinski definition) is 3. The van der Waals surface area contributed by atoms with E-state index in [1.165, 1.54) is 89.9 Å². The maximum Gasteiger partial charge on any atom is 0.469 e. The highest BCUT2D eigenvalue weighted by Crippen LogP contribution is 2.37. The average Bonchev–Trinajstić information content (AvgIpc) is 2.68. The second kappa shape index (κ2) is 20.0. The van der Waals surface area contributed by atoms with Crippen LogP contribution in [0.2, 0.25) is 0 Å². The van der Waals surface area contributed by atoms with Crippen molar-refractivity contribution in [1.82, 2.24) is 0 Å². The fraction of sp³-hybridized carbons (Fsp3) is 0.913. The molecule has 0 fully saturated rings. The van der Waals surface area contributed by atoms with Gasteiger partial charge in [0.15, 0.2) is 0 Å². The largest absolute Gasteiger partial charge is 0.469 e. The van der Waals surface area contributed by atoms with Gasteiger partial charge in [-0.25, -0.2) is 4.57 Å². The van der Waals surface area contributed by atoms with E-state index in [0.29, 0.717) is 0 Å². The van der Waals surface area contributed by atoms with E-state index in [-0.39, 0.29) is 18.4 Å². The number of phosphoric acid groups is 1. The molecule has 2 N–H and O–H groups in total. The third-order valence-electron chi connectivity index (χ3n) is 5.40. The number of unbranched alkanes of at least 4 members (excludes halogenated alkanes) is 13. The summed E-state index contributed by atoms with van der Waals surface area (Å²) in [6, 6.07) is 0. The molecule has 0 aliphatic carbocycles. The van der Waals surface area contributed by atoms with Gasteiger partial charge in [-0.1, -0.05) is 97.3 Å². The van der Waals surface area contributed by atoms with E-state index in [4.69, 9.17) is 16.2 Å². The molecule has 0 spiro atoms. The first-order valence-electron chi connectivity index (χ1n) is 11.6. The van der Waals surface area contributed by atoms with Gasteiger partial charge in [-0.05, 0) is 17.9 Å². The first kappa shape index (κ1) is 29.0. The Balaban J connectivity index is 3.48. The van der Waals surface area contributed by atoms with Crippen LogP contribution in [0.5, 0.6) is 0 Å². The van der Waals surface area contributed by atoms with Crippen molar-refractivity contribution in [2.75, 3.05) is 18.1 Å². The molecule has 0 saturated carbocycles. The summed E-state index contributed by atoms with van der Waals surface area (Å²) in [5, 5.41) is 0. The first-order chi connectivity index (χ1) is 13.9. The van der Waals surface area contributed by atoms with Crippen molar-refractivity contribution in [1.29, 1.82) is 0 Å². The fourth-order valence-corrected chi connectivity index (χ4v) is 4.95. The summed E-state index contributed by atoms with van der Waals surface area (Å²) < 4.78 is 15.5. The van der Waals surface area contributed by atoms with E-state index >= 15 is 0 Å². The summed E-state index contributed by atoms with van der Waals surface area (Å²) >= 11 is 1.81. The molecule has 0 saturated heterocycles.